The van der Waals surface area contributed by atoms with Gasteiger partial charge in [0, 0.05) is 19.3 Å². The van der Waals surface area contributed by atoms with E-state index in [1.54, 1.807) is 0 Å². The Morgan fingerprint density at radius 2 is 1.57 bits per heavy atom. The van der Waals surface area contributed by atoms with Crippen molar-refractivity contribution in [2.24, 2.45) is 50.2 Å². The van der Waals surface area contributed by atoms with Crippen molar-refractivity contribution in [3.8, 4) is 0 Å². The van der Waals surface area contributed by atoms with Crippen LogP contribution in [0.4, 0.5) is 0 Å². The normalized spacial score (nSPS) is 42.5. The molecule has 4 fully saturated rings. The van der Waals surface area contributed by atoms with E-state index < -0.39 is 15.9 Å². The number of ether oxygens (including phenoxy) is 3. The van der Waals surface area contributed by atoms with Crippen molar-refractivity contribution in [3.63, 3.8) is 0 Å². The van der Waals surface area contributed by atoms with Gasteiger partial charge >= 0.3 is 17.9 Å². The van der Waals surface area contributed by atoms with Crippen LogP contribution >= 0.6 is 0 Å². The summed E-state index contributed by atoms with van der Waals surface area (Å²) in [6, 6.07) is 0. The number of rotatable bonds is 8. The second kappa shape index (κ2) is 11.8. The highest BCUT2D eigenvalue weighted by molar-refractivity contribution is 5.79. The number of nitrogens with zero attached hydrogens (tertiary/aromatic N) is 1. The first-order valence-electron chi connectivity index (χ1n) is 17.3. The molecule has 0 N–H and O–H groups in total. The van der Waals surface area contributed by atoms with E-state index in [9.17, 15) is 24.5 Å². The van der Waals surface area contributed by atoms with Gasteiger partial charge in [-0.05, 0) is 104 Å². The fourth-order valence-corrected chi connectivity index (χ4v) is 11.6. The Morgan fingerprint density at radius 3 is 2.22 bits per heavy atom. The molecule has 0 heterocycles. The first-order chi connectivity index (χ1) is 21.3. The highest BCUT2D eigenvalue weighted by atomic mass is 17.0. The Bertz CT molecular complexity index is 1290. The van der Waals surface area contributed by atoms with Gasteiger partial charge in [-0.25, -0.2) is 0 Å². The van der Waals surface area contributed by atoms with Crippen LogP contribution in [-0.4, -0.2) is 48.9 Å². The molecule has 0 aromatic carbocycles. The van der Waals surface area contributed by atoms with E-state index >= 15 is 0 Å². The molecule has 0 amide bonds. The first kappa shape index (κ1) is 34.7. The maximum Gasteiger partial charge on any atom is 0.312 e. The summed E-state index contributed by atoms with van der Waals surface area (Å²) in [6.45, 7) is 16.8. The molecule has 9 atom stereocenters. The molecule has 5 aliphatic carbocycles. The molecular formula is C36H55NO9. The van der Waals surface area contributed by atoms with Crippen LogP contribution in [0.1, 0.15) is 120 Å². The van der Waals surface area contributed by atoms with Gasteiger partial charge in [0.1, 0.15) is 25.9 Å². The highest BCUT2D eigenvalue weighted by Gasteiger charge is 2.70. The molecule has 0 radical (unpaired) electrons. The van der Waals surface area contributed by atoms with Gasteiger partial charge in [0.2, 0.25) is 0 Å². The second-order valence-electron chi connectivity index (χ2n) is 17.0. The second-order valence-corrected chi connectivity index (χ2v) is 17.0. The Kier molecular flexibility index (Phi) is 8.89. The van der Waals surface area contributed by atoms with Crippen LogP contribution in [0.25, 0.3) is 0 Å². The largest absolute Gasteiger partial charge is 0.465 e. The van der Waals surface area contributed by atoms with Gasteiger partial charge in [-0.2, -0.15) is 0 Å². The predicted octanol–water partition coefficient (Wildman–Crippen LogP) is 7.01. The van der Waals surface area contributed by atoms with Crippen molar-refractivity contribution in [2.75, 3.05) is 19.8 Å². The molecule has 4 saturated carbocycles. The Hall–Kier alpha value is -2.65. The Balaban J connectivity index is 1.50. The van der Waals surface area contributed by atoms with Crippen LogP contribution in [-0.2, 0) is 33.4 Å². The monoisotopic (exact) mass is 645 g/mol. The molecule has 258 valence electrons. The van der Waals surface area contributed by atoms with Gasteiger partial charge in [-0.15, -0.1) is 10.1 Å². The summed E-state index contributed by atoms with van der Waals surface area (Å²) < 4.78 is 17.3. The van der Waals surface area contributed by atoms with Crippen molar-refractivity contribution in [3.05, 3.63) is 21.8 Å². The molecule has 46 heavy (non-hydrogen) atoms. The highest BCUT2D eigenvalue weighted by Crippen LogP contribution is 2.76. The van der Waals surface area contributed by atoms with E-state index in [4.69, 9.17) is 14.2 Å². The number of carbonyl (C=O) groups excluding carboxylic acids is 3. The van der Waals surface area contributed by atoms with Crippen molar-refractivity contribution in [1.82, 2.24) is 0 Å². The summed E-state index contributed by atoms with van der Waals surface area (Å²) in [5.74, 6) is -0.226. The SMILES string of the molecule is CC(=O)OC[C@@]1(C)[C@@H]2CC[C@]3(C)[C@H](CC=C4[C@@H]5CC(C)(C)CC[C@]5(C(=O)OCCO[N+](=O)[O-])CC[C@]43C)[C@@]2(C)CC[C@@H]1OC(C)=O. The molecule has 5 aliphatic rings. The van der Waals surface area contributed by atoms with Gasteiger partial charge in [0.15, 0.2) is 0 Å². The third-order valence-electron chi connectivity index (χ3n) is 14.2. The fraction of sp³-hybridized carbons (Fsp3) is 0.861. The van der Waals surface area contributed by atoms with E-state index in [0.29, 0.717) is 5.92 Å². The minimum absolute atomic E-state index is 0.0177. The summed E-state index contributed by atoms with van der Waals surface area (Å²) in [7, 11) is 0. The standard InChI is InChI=1S/C36H55NO9/c1-23(38)44-22-33(6)27-11-14-35(8)28(32(27,5)13-12-29(33)46-24(2)39)10-9-25-26-21-31(3,4)15-17-36(26,18-16-34(25,35)7)30(40)43-19-20-45-37(41)42/h9,26-29H,10-22H2,1-8H3/t26-,27+,28+,29-,32-,33-,34+,35+,36-/m0/s1. The minimum Gasteiger partial charge on any atom is -0.465 e. The Labute approximate surface area is 273 Å². The van der Waals surface area contributed by atoms with Gasteiger partial charge in [-0.1, -0.05) is 53.2 Å². The predicted molar refractivity (Wildman–Crippen MR) is 169 cm³/mol. The lowest BCUT2D eigenvalue weighted by Crippen LogP contribution is -2.66. The lowest BCUT2D eigenvalue weighted by Gasteiger charge is -2.71. The maximum absolute atomic E-state index is 13.9. The fourth-order valence-electron chi connectivity index (χ4n) is 11.6. The molecule has 0 unspecified atom stereocenters. The molecule has 0 aromatic rings. The number of esters is 3. The molecule has 0 aliphatic heterocycles. The average molecular weight is 646 g/mol. The van der Waals surface area contributed by atoms with Crippen LogP contribution in [0.15, 0.2) is 11.6 Å². The van der Waals surface area contributed by atoms with Crippen LogP contribution < -0.4 is 0 Å². The average Bonchev–Trinajstić information content (AvgIpc) is 2.95. The van der Waals surface area contributed by atoms with Crippen LogP contribution in [0.3, 0.4) is 0 Å². The van der Waals surface area contributed by atoms with E-state index in [1.165, 1.54) is 19.4 Å². The molecule has 0 saturated heterocycles. The van der Waals surface area contributed by atoms with Crippen molar-refractivity contribution in [1.29, 1.82) is 0 Å². The Morgan fingerprint density at radius 1 is 0.870 bits per heavy atom. The number of carbonyl (C=O) groups is 3. The van der Waals surface area contributed by atoms with Crippen LogP contribution in [0.5, 0.6) is 0 Å². The minimum atomic E-state index is -0.856. The number of fused-ring (bicyclic) bond motifs is 7. The van der Waals surface area contributed by atoms with Gasteiger partial charge in [-0.3, -0.25) is 14.4 Å². The zero-order valence-electron chi connectivity index (χ0n) is 29.2. The molecule has 0 spiro atoms. The zero-order valence-corrected chi connectivity index (χ0v) is 29.2. The quantitative estimate of drug-likeness (QED) is 0.0683. The molecule has 0 bridgehead atoms. The summed E-state index contributed by atoms with van der Waals surface area (Å²) in [4.78, 5) is 53.2. The van der Waals surface area contributed by atoms with E-state index in [0.717, 1.165) is 64.2 Å². The molecular weight excluding hydrogens is 590 g/mol. The molecule has 0 aromatic heterocycles. The lowest BCUT2D eigenvalue weighted by atomic mass is 9.33. The third kappa shape index (κ3) is 5.43. The van der Waals surface area contributed by atoms with E-state index in [-0.39, 0.29) is 77.3 Å². The van der Waals surface area contributed by atoms with Crippen molar-refractivity contribution < 1.29 is 38.5 Å². The summed E-state index contributed by atoms with van der Waals surface area (Å²) in [5, 5.41) is 9.79. The van der Waals surface area contributed by atoms with Gasteiger partial charge < -0.3 is 19.0 Å². The zero-order chi connectivity index (χ0) is 33.9. The van der Waals surface area contributed by atoms with Gasteiger partial charge in [0.25, 0.3) is 5.09 Å². The molecule has 5 rings (SSSR count). The van der Waals surface area contributed by atoms with E-state index in [1.807, 2.05) is 0 Å². The van der Waals surface area contributed by atoms with Crippen LogP contribution in [0.2, 0.25) is 0 Å². The lowest BCUT2D eigenvalue weighted by molar-refractivity contribution is -0.757. The topological polar surface area (TPSA) is 131 Å². The summed E-state index contributed by atoms with van der Waals surface area (Å²) in [5.41, 5.74) is 0.174. The van der Waals surface area contributed by atoms with Crippen molar-refractivity contribution >= 4 is 17.9 Å². The first-order valence-corrected chi connectivity index (χ1v) is 17.3. The van der Waals surface area contributed by atoms with Crippen molar-refractivity contribution in [2.45, 2.75) is 126 Å². The third-order valence-corrected chi connectivity index (χ3v) is 14.2. The smallest absolute Gasteiger partial charge is 0.312 e. The number of allylic oxidation sites excluding steroid dienone is 2. The van der Waals surface area contributed by atoms with Crippen LogP contribution in [0, 0.1) is 60.4 Å². The summed E-state index contributed by atoms with van der Waals surface area (Å²) in [6.07, 6.45) is 10.9. The van der Waals surface area contributed by atoms with E-state index in [2.05, 4.69) is 52.5 Å². The maximum atomic E-state index is 13.9. The van der Waals surface area contributed by atoms with Gasteiger partial charge in [0.05, 0.1) is 5.41 Å². The summed E-state index contributed by atoms with van der Waals surface area (Å²) >= 11 is 0. The molecule has 10 heteroatoms. The number of hydrogen-bond acceptors (Lipinski definition) is 9. The number of hydrogen-bond donors (Lipinski definition) is 0. The molecule has 10 nitrogen and oxygen atoms in total.